The maximum atomic E-state index is 11.5. The minimum Gasteiger partial charge on any atom is -0.488 e. The van der Waals surface area contributed by atoms with E-state index in [0.717, 1.165) is 0 Å². The van der Waals surface area contributed by atoms with Crippen LogP contribution in [0.4, 0.5) is 5.69 Å². The molecular formula is C17H22N4O5. The van der Waals surface area contributed by atoms with E-state index in [1.54, 1.807) is 24.3 Å². The van der Waals surface area contributed by atoms with Crippen LogP contribution in [0.1, 0.15) is 20.3 Å². The molecule has 9 nitrogen and oxygen atoms in total. The zero-order chi connectivity index (χ0) is 19.4. The molecule has 0 radical (unpaired) electrons. The Morgan fingerprint density at radius 2 is 1.58 bits per heavy atom. The molecule has 1 aromatic carbocycles. The number of ether oxygens (including phenoxy) is 2. The fraction of sp³-hybridized carbons (Fsp3) is 0.412. The molecule has 0 saturated heterocycles. The summed E-state index contributed by atoms with van der Waals surface area (Å²) in [7, 11) is 0. The summed E-state index contributed by atoms with van der Waals surface area (Å²) in [5.74, 6) is 0.0363. The molecule has 3 N–H and O–H groups in total. The number of benzene rings is 1. The van der Waals surface area contributed by atoms with E-state index >= 15 is 0 Å². The Balaban J connectivity index is 2.75. The zero-order valence-electron chi connectivity index (χ0n) is 14.8. The van der Waals surface area contributed by atoms with E-state index in [-0.39, 0.29) is 31.4 Å². The van der Waals surface area contributed by atoms with Crippen molar-refractivity contribution >= 4 is 23.4 Å². The molecule has 1 rings (SSSR count). The first-order valence-corrected chi connectivity index (χ1v) is 7.97. The van der Waals surface area contributed by atoms with Gasteiger partial charge >= 0.3 is 0 Å². The van der Waals surface area contributed by atoms with Crippen molar-refractivity contribution < 1.29 is 23.9 Å². The Labute approximate surface area is 151 Å². The second-order valence-electron chi connectivity index (χ2n) is 5.21. The van der Waals surface area contributed by atoms with Crippen molar-refractivity contribution in [3.8, 4) is 17.6 Å². The lowest BCUT2D eigenvalue weighted by atomic mass is 10.2. The zero-order valence-corrected chi connectivity index (χ0v) is 14.8. The van der Waals surface area contributed by atoms with Gasteiger partial charge in [-0.2, -0.15) is 5.26 Å². The van der Waals surface area contributed by atoms with Crippen molar-refractivity contribution in [3.05, 3.63) is 18.2 Å². The van der Waals surface area contributed by atoms with Crippen LogP contribution in [0.25, 0.3) is 0 Å². The van der Waals surface area contributed by atoms with Crippen molar-refractivity contribution in [1.29, 1.82) is 5.26 Å². The van der Waals surface area contributed by atoms with E-state index in [4.69, 9.17) is 14.7 Å². The molecule has 0 heterocycles. The number of hydrogen-bond donors (Lipinski definition) is 3. The third-order valence-electron chi connectivity index (χ3n) is 2.93. The predicted molar refractivity (Wildman–Crippen MR) is 93.7 cm³/mol. The molecule has 0 aliphatic heterocycles. The maximum Gasteiger partial charge on any atom is 0.238 e. The summed E-state index contributed by atoms with van der Waals surface area (Å²) in [6.45, 7) is 3.91. The lowest BCUT2D eigenvalue weighted by Gasteiger charge is -2.15. The second kappa shape index (κ2) is 11.3. The highest BCUT2D eigenvalue weighted by Crippen LogP contribution is 2.30. The van der Waals surface area contributed by atoms with Crippen LogP contribution < -0.4 is 25.4 Å². The SMILES string of the molecule is CC(=O)NCCOc1ccc(NC(=O)CC#N)cc1OCCNC(C)=O. The van der Waals surface area contributed by atoms with E-state index in [2.05, 4.69) is 16.0 Å². The largest absolute Gasteiger partial charge is 0.488 e. The average molecular weight is 362 g/mol. The molecule has 1 aromatic rings. The Morgan fingerprint density at radius 3 is 2.12 bits per heavy atom. The summed E-state index contributed by atoms with van der Waals surface area (Å²) >= 11 is 0. The van der Waals surface area contributed by atoms with Crippen LogP contribution in [0, 0.1) is 11.3 Å². The smallest absolute Gasteiger partial charge is 0.238 e. The number of hydrogen-bond acceptors (Lipinski definition) is 6. The number of nitriles is 1. The fourth-order valence-corrected chi connectivity index (χ4v) is 1.87. The van der Waals surface area contributed by atoms with Crippen LogP contribution >= 0.6 is 0 Å². The van der Waals surface area contributed by atoms with Crippen LogP contribution in [0.3, 0.4) is 0 Å². The van der Waals surface area contributed by atoms with Gasteiger partial charge in [0.2, 0.25) is 17.7 Å². The first-order chi connectivity index (χ1) is 12.4. The van der Waals surface area contributed by atoms with Crippen LogP contribution in [0.5, 0.6) is 11.5 Å². The first-order valence-electron chi connectivity index (χ1n) is 7.97. The number of rotatable bonds is 10. The Kier molecular flexibility index (Phi) is 9.03. The van der Waals surface area contributed by atoms with Crippen LogP contribution in [0.2, 0.25) is 0 Å². The van der Waals surface area contributed by atoms with Gasteiger partial charge in [-0.05, 0) is 12.1 Å². The van der Waals surface area contributed by atoms with Gasteiger partial charge in [0.1, 0.15) is 19.6 Å². The van der Waals surface area contributed by atoms with Gasteiger partial charge in [-0.25, -0.2) is 0 Å². The maximum absolute atomic E-state index is 11.5. The van der Waals surface area contributed by atoms with Crippen molar-refractivity contribution in [2.75, 3.05) is 31.6 Å². The molecule has 0 bridgehead atoms. The third kappa shape index (κ3) is 8.54. The lowest BCUT2D eigenvalue weighted by Crippen LogP contribution is -2.26. The minimum atomic E-state index is -0.434. The van der Waals surface area contributed by atoms with Gasteiger partial charge in [-0.1, -0.05) is 0 Å². The van der Waals surface area contributed by atoms with Gasteiger partial charge in [0, 0.05) is 25.6 Å². The van der Waals surface area contributed by atoms with Gasteiger partial charge in [0.05, 0.1) is 19.2 Å². The van der Waals surface area contributed by atoms with E-state index < -0.39 is 5.91 Å². The van der Waals surface area contributed by atoms with Crippen molar-refractivity contribution in [3.63, 3.8) is 0 Å². The molecule has 0 saturated carbocycles. The molecular weight excluding hydrogens is 340 g/mol. The molecule has 9 heteroatoms. The van der Waals surface area contributed by atoms with E-state index in [1.807, 2.05) is 0 Å². The number of carbonyl (C=O) groups excluding carboxylic acids is 3. The molecule has 0 spiro atoms. The summed E-state index contributed by atoms with van der Waals surface area (Å²) in [6.07, 6.45) is -0.256. The molecule has 26 heavy (non-hydrogen) atoms. The Hall–Kier alpha value is -3.28. The summed E-state index contributed by atoms with van der Waals surface area (Å²) in [6, 6.07) is 6.56. The lowest BCUT2D eigenvalue weighted by molar-refractivity contribution is -0.119. The van der Waals surface area contributed by atoms with Gasteiger partial charge in [-0.15, -0.1) is 0 Å². The fourth-order valence-electron chi connectivity index (χ4n) is 1.87. The highest BCUT2D eigenvalue weighted by molar-refractivity contribution is 5.92. The first kappa shape index (κ1) is 20.8. The van der Waals surface area contributed by atoms with E-state index in [9.17, 15) is 14.4 Å². The quantitative estimate of drug-likeness (QED) is 0.522. The van der Waals surface area contributed by atoms with Crippen LogP contribution in [-0.4, -0.2) is 44.0 Å². The summed E-state index contributed by atoms with van der Waals surface area (Å²) in [4.78, 5) is 33.3. The van der Waals surface area contributed by atoms with Gasteiger partial charge in [-0.3, -0.25) is 14.4 Å². The standard InChI is InChI=1S/C17H22N4O5/c1-12(22)19-7-9-25-15-4-3-14(21-17(24)5-6-18)11-16(15)26-10-8-20-13(2)23/h3-4,11H,5,7-10H2,1-2H3,(H,19,22)(H,20,23)(H,21,24). The van der Waals surface area contributed by atoms with Crippen molar-refractivity contribution in [2.24, 2.45) is 0 Å². The minimum absolute atomic E-state index is 0.157. The number of amides is 3. The Bertz CT molecular complexity index is 684. The molecule has 0 fully saturated rings. The topological polar surface area (TPSA) is 130 Å². The molecule has 0 unspecified atom stereocenters. The van der Waals surface area contributed by atoms with E-state index in [1.165, 1.54) is 13.8 Å². The van der Waals surface area contributed by atoms with Gasteiger partial charge in [0.25, 0.3) is 0 Å². The van der Waals surface area contributed by atoms with Gasteiger partial charge in [0.15, 0.2) is 11.5 Å². The van der Waals surface area contributed by atoms with Crippen LogP contribution in [-0.2, 0) is 14.4 Å². The molecule has 0 aliphatic carbocycles. The number of nitrogens with one attached hydrogen (secondary N) is 3. The average Bonchev–Trinajstić information content (AvgIpc) is 2.56. The Morgan fingerprint density at radius 1 is 1.00 bits per heavy atom. The van der Waals surface area contributed by atoms with Crippen LogP contribution in [0.15, 0.2) is 18.2 Å². The number of carbonyl (C=O) groups is 3. The third-order valence-corrected chi connectivity index (χ3v) is 2.93. The second-order valence-corrected chi connectivity index (χ2v) is 5.21. The molecule has 140 valence electrons. The molecule has 0 atom stereocenters. The predicted octanol–water partition coefficient (Wildman–Crippen LogP) is 0.569. The highest BCUT2D eigenvalue weighted by Gasteiger charge is 2.09. The highest BCUT2D eigenvalue weighted by atomic mass is 16.5. The number of nitrogens with zero attached hydrogens (tertiary/aromatic N) is 1. The summed E-state index contributed by atoms with van der Waals surface area (Å²) in [5.41, 5.74) is 0.453. The van der Waals surface area contributed by atoms with Crippen molar-refractivity contribution in [1.82, 2.24) is 10.6 Å². The molecule has 0 aromatic heterocycles. The van der Waals surface area contributed by atoms with E-state index in [0.29, 0.717) is 30.3 Å². The van der Waals surface area contributed by atoms with Gasteiger partial charge < -0.3 is 25.4 Å². The normalized spacial score (nSPS) is 9.58. The molecule has 3 amide bonds. The summed E-state index contributed by atoms with van der Waals surface area (Å²) in [5, 5.41) is 16.3. The monoisotopic (exact) mass is 362 g/mol. The summed E-state index contributed by atoms with van der Waals surface area (Å²) < 4.78 is 11.2. The number of anilines is 1. The van der Waals surface area contributed by atoms with Crippen molar-refractivity contribution in [2.45, 2.75) is 20.3 Å². The molecule has 0 aliphatic rings.